The molecule has 114 valence electrons. The molecule has 5 nitrogen and oxygen atoms in total. The minimum absolute atomic E-state index is 0.257. The molecular formula is C15H20FN3O2. The summed E-state index contributed by atoms with van der Waals surface area (Å²) in [5.41, 5.74) is 1.81. The number of benzene rings is 1. The smallest absolute Gasteiger partial charge is 0.165 e. The molecule has 0 aliphatic carbocycles. The van der Waals surface area contributed by atoms with Gasteiger partial charge in [0.1, 0.15) is 0 Å². The maximum Gasteiger partial charge on any atom is 0.165 e. The highest BCUT2D eigenvalue weighted by atomic mass is 19.1. The summed E-state index contributed by atoms with van der Waals surface area (Å²) in [7, 11) is 3.13. The van der Waals surface area contributed by atoms with Crippen LogP contribution in [0, 0.1) is 5.82 Å². The normalized spacial score (nSPS) is 10.8. The molecule has 0 atom stereocenters. The SMILES string of the molecule is COCCNCc1cn(Cc2ccc(OC)c(F)c2)cn1. The predicted molar refractivity (Wildman–Crippen MR) is 77.9 cm³/mol. The van der Waals surface area contributed by atoms with Crippen LogP contribution in [0.15, 0.2) is 30.7 Å². The molecule has 0 fully saturated rings. The van der Waals surface area contributed by atoms with E-state index in [4.69, 9.17) is 9.47 Å². The molecular weight excluding hydrogens is 273 g/mol. The van der Waals surface area contributed by atoms with E-state index in [0.717, 1.165) is 17.8 Å². The van der Waals surface area contributed by atoms with Gasteiger partial charge in [-0.05, 0) is 17.7 Å². The van der Waals surface area contributed by atoms with Crippen LogP contribution in [0.5, 0.6) is 5.75 Å². The van der Waals surface area contributed by atoms with Crippen LogP contribution in [0.25, 0.3) is 0 Å². The van der Waals surface area contributed by atoms with Crippen molar-refractivity contribution in [1.82, 2.24) is 14.9 Å². The van der Waals surface area contributed by atoms with Crippen molar-refractivity contribution in [2.45, 2.75) is 13.1 Å². The van der Waals surface area contributed by atoms with Gasteiger partial charge in [-0.25, -0.2) is 9.37 Å². The van der Waals surface area contributed by atoms with E-state index < -0.39 is 0 Å². The van der Waals surface area contributed by atoms with Gasteiger partial charge in [-0.1, -0.05) is 6.07 Å². The topological polar surface area (TPSA) is 48.3 Å². The van der Waals surface area contributed by atoms with E-state index in [1.165, 1.54) is 13.2 Å². The van der Waals surface area contributed by atoms with Crippen molar-refractivity contribution < 1.29 is 13.9 Å². The van der Waals surface area contributed by atoms with Crippen molar-refractivity contribution in [3.8, 4) is 5.75 Å². The lowest BCUT2D eigenvalue weighted by atomic mass is 10.2. The van der Waals surface area contributed by atoms with Crippen molar-refractivity contribution in [2.24, 2.45) is 0 Å². The standard InChI is InChI=1S/C15H20FN3O2/c1-20-6-5-17-8-13-10-19(11-18-13)9-12-3-4-15(21-2)14(16)7-12/h3-4,7,10-11,17H,5-6,8-9H2,1-2H3. The first kappa shape index (κ1) is 15.5. The van der Waals surface area contributed by atoms with Crippen molar-refractivity contribution in [1.29, 1.82) is 0 Å². The highest BCUT2D eigenvalue weighted by Gasteiger charge is 2.05. The molecule has 1 N–H and O–H groups in total. The summed E-state index contributed by atoms with van der Waals surface area (Å²) in [5.74, 6) is -0.0935. The predicted octanol–water partition coefficient (Wildman–Crippen LogP) is 1.82. The summed E-state index contributed by atoms with van der Waals surface area (Å²) in [6.45, 7) is 2.72. The molecule has 1 heterocycles. The molecule has 2 aromatic rings. The maximum absolute atomic E-state index is 13.6. The largest absolute Gasteiger partial charge is 0.494 e. The summed E-state index contributed by atoms with van der Waals surface area (Å²) in [5, 5.41) is 3.23. The van der Waals surface area contributed by atoms with E-state index in [0.29, 0.717) is 19.7 Å². The summed E-state index contributed by atoms with van der Waals surface area (Å²) in [6.07, 6.45) is 3.69. The number of methoxy groups -OCH3 is 2. The third kappa shape index (κ3) is 4.54. The lowest BCUT2D eigenvalue weighted by Crippen LogP contribution is -2.18. The van der Waals surface area contributed by atoms with Crippen LogP contribution >= 0.6 is 0 Å². The van der Waals surface area contributed by atoms with Gasteiger partial charge in [0.2, 0.25) is 0 Å². The van der Waals surface area contributed by atoms with Crippen LogP contribution in [0.3, 0.4) is 0 Å². The summed E-state index contributed by atoms with van der Waals surface area (Å²) in [6, 6.07) is 4.96. The summed E-state index contributed by atoms with van der Waals surface area (Å²) in [4.78, 5) is 4.31. The van der Waals surface area contributed by atoms with Gasteiger partial charge < -0.3 is 19.4 Å². The summed E-state index contributed by atoms with van der Waals surface area (Å²) >= 11 is 0. The molecule has 0 bridgehead atoms. The quantitative estimate of drug-likeness (QED) is 0.754. The Balaban J connectivity index is 1.91. The van der Waals surface area contributed by atoms with E-state index in [2.05, 4.69) is 10.3 Å². The van der Waals surface area contributed by atoms with E-state index in [-0.39, 0.29) is 11.6 Å². The molecule has 0 saturated carbocycles. The van der Waals surface area contributed by atoms with E-state index >= 15 is 0 Å². The molecule has 0 aliphatic heterocycles. The fourth-order valence-corrected chi connectivity index (χ4v) is 1.99. The van der Waals surface area contributed by atoms with Gasteiger partial charge in [0.25, 0.3) is 0 Å². The number of ether oxygens (including phenoxy) is 2. The van der Waals surface area contributed by atoms with Crippen LogP contribution in [0.1, 0.15) is 11.3 Å². The zero-order chi connectivity index (χ0) is 15.1. The number of hydrogen-bond acceptors (Lipinski definition) is 4. The minimum Gasteiger partial charge on any atom is -0.494 e. The molecule has 2 rings (SSSR count). The number of nitrogens with one attached hydrogen (secondary N) is 1. The molecule has 21 heavy (non-hydrogen) atoms. The Morgan fingerprint density at radius 1 is 1.33 bits per heavy atom. The highest BCUT2D eigenvalue weighted by Crippen LogP contribution is 2.18. The Morgan fingerprint density at radius 2 is 2.19 bits per heavy atom. The van der Waals surface area contributed by atoms with E-state index in [9.17, 15) is 4.39 Å². The Kier molecular flexibility index (Phi) is 5.71. The minimum atomic E-state index is -0.350. The lowest BCUT2D eigenvalue weighted by molar-refractivity contribution is 0.199. The van der Waals surface area contributed by atoms with E-state index in [1.807, 2.05) is 16.8 Å². The average Bonchev–Trinajstić information content (AvgIpc) is 2.91. The molecule has 1 aromatic carbocycles. The second-order valence-corrected chi connectivity index (χ2v) is 4.68. The average molecular weight is 293 g/mol. The van der Waals surface area contributed by atoms with Gasteiger partial charge in [-0.2, -0.15) is 0 Å². The third-order valence-corrected chi connectivity index (χ3v) is 3.06. The zero-order valence-corrected chi connectivity index (χ0v) is 12.3. The van der Waals surface area contributed by atoms with E-state index in [1.54, 1.807) is 19.5 Å². The maximum atomic E-state index is 13.6. The van der Waals surface area contributed by atoms with Crippen molar-refractivity contribution in [2.75, 3.05) is 27.4 Å². The molecule has 0 amide bonds. The van der Waals surface area contributed by atoms with Crippen LogP contribution in [-0.2, 0) is 17.8 Å². The van der Waals surface area contributed by atoms with Gasteiger partial charge in [0, 0.05) is 32.9 Å². The Morgan fingerprint density at radius 3 is 2.90 bits per heavy atom. The number of halogens is 1. The van der Waals surface area contributed by atoms with Gasteiger partial charge in [-0.3, -0.25) is 0 Å². The van der Waals surface area contributed by atoms with Crippen molar-refractivity contribution >= 4 is 0 Å². The fourth-order valence-electron chi connectivity index (χ4n) is 1.99. The van der Waals surface area contributed by atoms with Gasteiger partial charge in [0.15, 0.2) is 11.6 Å². The third-order valence-electron chi connectivity index (χ3n) is 3.06. The van der Waals surface area contributed by atoms with Gasteiger partial charge >= 0.3 is 0 Å². The first-order valence-electron chi connectivity index (χ1n) is 6.75. The van der Waals surface area contributed by atoms with Crippen LogP contribution < -0.4 is 10.1 Å². The number of aromatic nitrogens is 2. The molecule has 0 radical (unpaired) electrons. The van der Waals surface area contributed by atoms with Gasteiger partial charge in [-0.15, -0.1) is 0 Å². The first-order chi connectivity index (χ1) is 10.2. The lowest BCUT2D eigenvalue weighted by Gasteiger charge is -2.06. The molecule has 0 unspecified atom stereocenters. The Labute approximate surface area is 123 Å². The number of imidazole rings is 1. The van der Waals surface area contributed by atoms with Crippen LogP contribution in [0.4, 0.5) is 4.39 Å². The second kappa shape index (κ2) is 7.75. The number of rotatable bonds is 8. The number of hydrogen-bond donors (Lipinski definition) is 1. The van der Waals surface area contributed by atoms with Gasteiger partial charge in [0.05, 0.1) is 25.7 Å². The van der Waals surface area contributed by atoms with Crippen LogP contribution in [-0.4, -0.2) is 36.9 Å². The molecule has 0 saturated heterocycles. The Hall–Kier alpha value is -1.92. The summed E-state index contributed by atoms with van der Waals surface area (Å²) < 4.78 is 25.4. The Bertz CT molecular complexity index is 572. The molecule has 0 aliphatic rings. The molecule has 1 aromatic heterocycles. The number of nitrogens with zero attached hydrogens (tertiary/aromatic N) is 2. The zero-order valence-electron chi connectivity index (χ0n) is 12.3. The molecule has 6 heteroatoms. The molecule has 0 spiro atoms. The monoisotopic (exact) mass is 293 g/mol. The van der Waals surface area contributed by atoms with Crippen LogP contribution in [0.2, 0.25) is 0 Å². The van der Waals surface area contributed by atoms with Crippen molar-refractivity contribution in [3.63, 3.8) is 0 Å². The first-order valence-corrected chi connectivity index (χ1v) is 6.75. The van der Waals surface area contributed by atoms with Crippen molar-refractivity contribution in [3.05, 3.63) is 47.8 Å². The fraction of sp³-hybridized carbons (Fsp3) is 0.400. The second-order valence-electron chi connectivity index (χ2n) is 4.68. The highest BCUT2D eigenvalue weighted by molar-refractivity contribution is 5.29.